The molecule has 0 radical (unpaired) electrons. The lowest BCUT2D eigenvalue weighted by atomic mass is 10.1. The van der Waals surface area contributed by atoms with Crippen LogP contribution in [0.5, 0.6) is 0 Å². The molecule has 3 rings (SSSR count). The first-order valence-corrected chi connectivity index (χ1v) is 7.64. The first kappa shape index (κ1) is 14.4. The van der Waals surface area contributed by atoms with Gasteiger partial charge in [0, 0.05) is 17.4 Å². The Morgan fingerprint density at radius 3 is 2.73 bits per heavy atom. The number of aromatic nitrogens is 1. The highest BCUT2D eigenvalue weighted by atomic mass is 32.1. The summed E-state index contributed by atoms with van der Waals surface area (Å²) in [6, 6.07) is 15.6. The van der Waals surface area contributed by atoms with E-state index in [1.54, 1.807) is 6.07 Å². The predicted molar refractivity (Wildman–Crippen MR) is 85.7 cm³/mol. The van der Waals surface area contributed by atoms with Crippen molar-refractivity contribution in [3.05, 3.63) is 82.6 Å². The standard InChI is InChI=1S/C17H13FN2OS/c18-14-8-4-7-13(10-14)16(21)20-17-19-15(11-22-17)9-12-5-2-1-3-6-12/h1-8,10-11H,9H2,(H,19,20,21). The highest BCUT2D eigenvalue weighted by molar-refractivity contribution is 7.14. The number of amides is 1. The molecule has 3 aromatic rings. The number of hydrogen-bond donors (Lipinski definition) is 1. The SMILES string of the molecule is O=C(Nc1nc(Cc2ccccc2)cs1)c1cccc(F)c1. The molecule has 1 aromatic heterocycles. The maximum atomic E-state index is 13.1. The lowest BCUT2D eigenvalue weighted by molar-refractivity contribution is 0.102. The molecule has 1 N–H and O–H groups in total. The number of benzene rings is 2. The highest BCUT2D eigenvalue weighted by Crippen LogP contribution is 2.19. The van der Waals surface area contributed by atoms with Gasteiger partial charge in [-0.3, -0.25) is 10.1 Å². The van der Waals surface area contributed by atoms with E-state index in [4.69, 9.17) is 0 Å². The smallest absolute Gasteiger partial charge is 0.257 e. The third-order valence-corrected chi connectivity index (χ3v) is 3.89. The van der Waals surface area contributed by atoms with E-state index in [-0.39, 0.29) is 11.5 Å². The molecule has 0 atom stereocenters. The van der Waals surface area contributed by atoms with E-state index in [9.17, 15) is 9.18 Å². The van der Waals surface area contributed by atoms with E-state index in [1.807, 2.05) is 35.7 Å². The summed E-state index contributed by atoms with van der Waals surface area (Å²) < 4.78 is 13.1. The molecule has 0 bridgehead atoms. The Labute approximate surface area is 131 Å². The third kappa shape index (κ3) is 3.56. The van der Waals surface area contributed by atoms with Gasteiger partial charge in [-0.15, -0.1) is 11.3 Å². The zero-order valence-corrected chi connectivity index (χ0v) is 12.4. The summed E-state index contributed by atoms with van der Waals surface area (Å²) in [5.74, 6) is -0.795. The Kier molecular flexibility index (Phi) is 4.25. The van der Waals surface area contributed by atoms with Crippen molar-refractivity contribution in [1.82, 2.24) is 4.98 Å². The molecule has 0 aliphatic rings. The Balaban J connectivity index is 1.68. The summed E-state index contributed by atoms with van der Waals surface area (Å²) in [5, 5.41) is 5.12. The van der Waals surface area contributed by atoms with Crippen LogP contribution in [0.3, 0.4) is 0 Å². The zero-order valence-electron chi connectivity index (χ0n) is 11.6. The summed E-state index contributed by atoms with van der Waals surface area (Å²) in [5.41, 5.74) is 2.33. The lowest BCUT2D eigenvalue weighted by Gasteiger charge is -2.01. The van der Waals surface area contributed by atoms with E-state index >= 15 is 0 Å². The largest absolute Gasteiger partial charge is 0.298 e. The minimum absolute atomic E-state index is 0.278. The Morgan fingerprint density at radius 1 is 1.14 bits per heavy atom. The third-order valence-electron chi connectivity index (χ3n) is 3.09. The predicted octanol–water partition coefficient (Wildman–Crippen LogP) is 4.13. The van der Waals surface area contributed by atoms with Crippen molar-refractivity contribution in [3.63, 3.8) is 0 Å². The summed E-state index contributed by atoms with van der Waals surface area (Å²) in [4.78, 5) is 16.4. The van der Waals surface area contributed by atoms with Gasteiger partial charge in [0.1, 0.15) is 5.82 Å². The Bertz CT molecular complexity index is 786. The average Bonchev–Trinajstić information content (AvgIpc) is 2.95. The van der Waals surface area contributed by atoms with Crippen LogP contribution in [0.4, 0.5) is 9.52 Å². The number of nitrogens with zero attached hydrogens (tertiary/aromatic N) is 1. The topological polar surface area (TPSA) is 42.0 Å². The molecule has 0 fully saturated rings. The lowest BCUT2D eigenvalue weighted by Crippen LogP contribution is -2.11. The van der Waals surface area contributed by atoms with Crippen molar-refractivity contribution in [2.75, 3.05) is 5.32 Å². The molecule has 0 unspecified atom stereocenters. The van der Waals surface area contributed by atoms with E-state index < -0.39 is 5.82 Å². The number of carbonyl (C=O) groups is 1. The van der Waals surface area contributed by atoms with Gasteiger partial charge in [0.25, 0.3) is 5.91 Å². The van der Waals surface area contributed by atoms with Crippen LogP contribution in [0.2, 0.25) is 0 Å². The van der Waals surface area contributed by atoms with Crippen LogP contribution in [-0.4, -0.2) is 10.9 Å². The quantitative estimate of drug-likeness (QED) is 0.787. The number of carbonyl (C=O) groups excluding carboxylic acids is 1. The van der Waals surface area contributed by atoms with Crippen LogP contribution in [-0.2, 0) is 6.42 Å². The second kappa shape index (κ2) is 6.49. The molecule has 5 heteroatoms. The molecule has 1 amide bonds. The van der Waals surface area contributed by atoms with Crippen LogP contribution < -0.4 is 5.32 Å². The fourth-order valence-corrected chi connectivity index (χ4v) is 2.75. The van der Waals surface area contributed by atoms with Gasteiger partial charge in [0.15, 0.2) is 5.13 Å². The minimum atomic E-state index is -0.434. The van der Waals surface area contributed by atoms with Gasteiger partial charge in [-0.05, 0) is 23.8 Å². The second-order valence-electron chi connectivity index (χ2n) is 4.77. The van der Waals surface area contributed by atoms with E-state index in [1.165, 1.54) is 29.5 Å². The normalized spacial score (nSPS) is 10.4. The van der Waals surface area contributed by atoms with Gasteiger partial charge in [0.05, 0.1) is 5.69 Å². The summed E-state index contributed by atoms with van der Waals surface area (Å²) in [7, 11) is 0. The monoisotopic (exact) mass is 312 g/mol. The van der Waals surface area contributed by atoms with Gasteiger partial charge in [-0.1, -0.05) is 36.4 Å². The molecule has 0 aliphatic carbocycles. The van der Waals surface area contributed by atoms with Gasteiger partial charge in [-0.2, -0.15) is 0 Å². The first-order chi connectivity index (χ1) is 10.7. The van der Waals surface area contributed by atoms with Crippen molar-refractivity contribution >= 4 is 22.4 Å². The van der Waals surface area contributed by atoms with E-state index in [0.717, 1.165) is 11.3 Å². The molecule has 2 aromatic carbocycles. The zero-order chi connectivity index (χ0) is 15.4. The fourth-order valence-electron chi connectivity index (χ4n) is 2.05. The molecule has 3 nitrogen and oxygen atoms in total. The van der Waals surface area contributed by atoms with Crippen molar-refractivity contribution in [3.8, 4) is 0 Å². The van der Waals surface area contributed by atoms with Crippen molar-refractivity contribution < 1.29 is 9.18 Å². The molecular weight excluding hydrogens is 299 g/mol. The Morgan fingerprint density at radius 2 is 1.95 bits per heavy atom. The summed E-state index contributed by atoms with van der Waals surface area (Å²) in [6.07, 6.45) is 0.715. The van der Waals surface area contributed by atoms with Crippen molar-refractivity contribution in [2.24, 2.45) is 0 Å². The van der Waals surface area contributed by atoms with Crippen molar-refractivity contribution in [2.45, 2.75) is 6.42 Å². The molecule has 0 saturated heterocycles. The number of halogens is 1. The molecule has 1 heterocycles. The van der Waals surface area contributed by atoms with Crippen LogP contribution in [0.25, 0.3) is 0 Å². The Hall–Kier alpha value is -2.53. The number of rotatable bonds is 4. The second-order valence-corrected chi connectivity index (χ2v) is 5.63. The number of hydrogen-bond acceptors (Lipinski definition) is 3. The summed E-state index contributed by atoms with van der Waals surface area (Å²) in [6.45, 7) is 0. The van der Waals surface area contributed by atoms with Crippen LogP contribution in [0, 0.1) is 5.82 Å². The fraction of sp³-hybridized carbons (Fsp3) is 0.0588. The van der Waals surface area contributed by atoms with Gasteiger partial charge in [0.2, 0.25) is 0 Å². The number of anilines is 1. The molecule has 0 saturated carbocycles. The molecule has 0 spiro atoms. The first-order valence-electron chi connectivity index (χ1n) is 6.76. The van der Waals surface area contributed by atoms with Gasteiger partial charge < -0.3 is 0 Å². The van der Waals surface area contributed by atoms with Gasteiger partial charge in [-0.25, -0.2) is 9.37 Å². The van der Waals surface area contributed by atoms with E-state index in [0.29, 0.717) is 11.6 Å². The molecule has 22 heavy (non-hydrogen) atoms. The minimum Gasteiger partial charge on any atom is -0.298 e. The number of thiazole rings is 1. The average molecular weight is 312 g/mol. The molecule has 0 aliphatic heterocycles. The van der Waals surface area contributed by atoms with Crippen LogP contribution in [0.1, 0.15) is 21.6 Å². The van der Waals surface area contributed by atoms with Crippen LogP contribution >= 0.6 is 11.3 Å². The highest BCUT2D eigenvalue weighted by Gasteiger charge is 2.10. The van der Waals surface area contributed by atoms with E-state index in [2.05, 4.69) is 10.3 Å². The summed E-state index contributed by atoms with van der Waals surface area (Å²) >= 11 is 1.36. The van der Waals surface area contributed by atoms with Gasteiger partial charge >= 0.3 is 0 Å². The van der Waals surface area contributed by atoms with Crippen molar-refractivity contribution in [1.29, 1.82) is 0 Å². The molecular formula is C17H13FN2OS. The molecule has 110 valence electrons. The maximum absolute atomic E-state index is 13.1. The van der Waals surface area contributed by atoms with Crippen LogP contribution in [0.15, 0.2) is 60.0 Å². The maximum Gasteiger partial charge on any atom is 0.257 e. The number of nitrogens with one attached hydrogen (secondary N) is 1.